The van der Waals surface area contributed by atoms with Crippen molar-refractivity contribution < 1.29 is 4.79 Å². The highest BCUT2D eigenvalue weighted by atomic mass is 16.2. The van der Waals surface area contributed by atoms with Crippen molar-refractivity contribution in [2.24, 2.45) is 5.92 Å². The summed E-state index contributed by atoms with van der Waals surface area (Å²) in [6.45, 7) is 6.71. The van der Waals surface area contributed by atoms with E-state index in [1.807, 2.05) is 12.1 Å². The SMILES string of the molecule is CC1CCCN(Cc2ccc(NC(=O)[C@H]3CCCCN3)cc2)C1. The van der Waals surface area contributed by atoms with Gasteiger partial charge in [0.05, 0.1) is 6.04 Å². The van der Waals surface area contributed by atoms with E-state index >= 15 is 0 Å². The first-order valence-electron chi connectivity index (χ1n) is 9.06. The summed E-state index contributed by atoms with van der Waals surface area (Å²) in [4.78, 5) is 14.8. The molecule has 2 saturated heterocycles. The molecule has 0 saturated carbocycles. The summed E-state index contributed by atoms with van der Waals surface area (Å²) in [5, 5.41) is 6.32. The van der Waals surface area contributed by atoms with Crippen LogP contribution in [0, 0.1) is 5.92 Å². The Morgan fingerprint density at radius 2 is 2.04 bits per heavy atom. The van der Waals surface area contributed by atoms with Crippen molar-refractivity contribution in [3.8, 4) is 0 Å². The third-order valence-electron chi connectivity index (χ3n) is 5.00. The lowest BCUT2D eigenvalue weighted by molar-refractivity contribution is -0.118. The Morgan fingerprint density at radius 3 is 2.74 bits per heavy atom. The summed E-state index contributed by atoms with van der Waals surface area (Å²) in [7, 11) is 0. The van der Waals surface area contributed by atoms with E-state index in [1.165, 1.54) is 37.9 Å². The maximum Gasteiger partial charge on any atom is 0.241 e. The Bertz CT molecular complexity index is 508. The van der Waals surface area contributed by atoms with Gasteiger partial charge in [-0.15, -0.1) is 0 Å². The maximum absolute atomic E-state index is 12.2. The number of likely N-dealkylation sites (tertiary alicyclic amines) is 1. The Hall–Kier alpha value is -1.39. The molecule has 2 heterocycles. The van der Waals surface area contributed by atoms with Gasteiger partial charge in [0, 0.05) is 18.8 Å². The van der Waals surface area contributed by atoms with Gasteiger partial charge in [-0.25, -0.2) is 0 Å². The lowest BCUT2D eigenvalue weighted by Crippen LogP contribution is -2.43. The third-order valence-corrected chi connectivity index (χ3v) is 5.00. The minimum absolute atomic E-state index is 0.0294. The minimum atomic E-state index is -0.0294. The fourth-order valence-electron chi connectivity index (χ4n) is 3.69. The molecule has 1 unspecified atom stereocenters. The first-order valence-corrected chi connectivity index (χ1v) is 9.06. The average Bonchev–Trinajstić information content (AvgIpc) is 2.57. The second-order valence-corrected chi connectivity index (χ2v) is 7.17. The van der Waals surface area contributed by atoms with Gasteiger partial charge in [0.1, 0.15) is 0 Å². The number of piperidine rings is 2. The van der Waals surface area contributed by atoms with Crippen molar-refractivity contribution in [2.45, 2.75) is 51.6 Å². The van der Waals surface area contributed by atoms with Crippen LogP contribution in [0.5, 0.6) is 0 Å². The predicted octanol–water partition coefficient (Wildman–Crippen LogP) is 3.00. The van der Waals surface area contributed by atoms with Crippen LogP contribution in [0.2, 0.25) is 0 Å². The quantitative estimate of drug-likeness (QED) is 0.898. The second kappa shape index (κ2) is 7.93. The van der Waals surface area contributed by atoms with Gasteiger partial charge in [0.2, 0.25) is 5.91 Å². The molecule has 0 bridgehead atoms. The first kappa shape index (κ1) is 16.5. The predicted molar refractivity (Wildman–Crippen MR) is 94.4 cm³/mol. The maximum atomic E-state index is 12.2. The number of anilines is 1. The summed E-state index contributed by atoms with van der Waals surface area (Å²) >= 11 is 0. The number of carbonyl (C=O) groups excluding carboxylic acids is 1. The number of nitrogens with one attached hydrogen (secondary N) is 2. The van der Waals surface area contributed by atoms with E-state index in [0.29, 0.717) is 0 Å². The molecule has 4 nitrogen and oxygen atoms in total. The molecular weight excluding hydrogens is 286 g/mol. The highest BCUT2D eigenvalue weighted by Gasteiger charge is 2.20. The van der Waals surface area contributed by atoms with Gasteiger partial charge in [-0.05, 0) is 62.4 Å². The van der Waals surface area contributed by atoms with Gasteiger partial charge in [-0.2, -0.15) is 0 Å². The summed E-state index contributed by atoms with van der Waals surface area (Å²) in [5.41, 5.74) is 2.23. The molecular formula is C19H29N3O. The van der Waals surface area contributed by atoms with Gasteiger partial charge in [-0.3, -0.25) is 9.69 Å². The van der Waals surface area contributed by atoms with Crippen molar-refractivity contribution in [2.75, 3.05) is 25.0 Å². The molecule has 2 aliphatic heterocycles. The van der Waals surface area contributed by atoms with Crippen LogP contribution in [0.25, 0.3) is 0 Å². The third kappa shape index (κ3) is 4.79. The van der Waals surface area contributed by atoms with Crippen molar-refractivity contribution in [3.05, 3.63) is 29.8 Å². The smallest absolute Gasteiger partial charge is 0.241 e. The van der Waals surface area contributed by atoms with Crippen LogP contribution < -0.4 is 10.6 Å². The molecule has 0 aliphatic carbocycles. The van der Waals surface area contributed by atoms with Crippen molar-refractivity contribution in [1.29, 1.82) is 0 Å². The zero-order valence-electron chi connectivity index (χ0n) is 14.2. The van der Waals surface area contributed by atoms with E-state index in [1.54, 1.807) is 0 Å². The zero-order chi connectivity index (χ0) is 16.1. The Balaban J connectivity index is 1.51. The number of rotatable bonds is 4. The minimum Gasteiger partial charge on any atom is -0.325 e. The van der Waals surface area contributed by atoms with Gasteiger partial charge in [-0.1, -0.05) is 25.5 Å². The molecule has 23 heavy (non-hydrogen) atoms. The summed E-state index contributed by atoms with van der Waals surface area (Å²) < 4.78 is 0. The van der Waals surface area contributed by atoms with Crippen molar-refractivity contribution >= 4 is 11.6 Å². The molecule has 1 aromatic carbocycles. The topological polar surface area (TPSA) is 44.4 Å². The Labute approximate surface area is 139 Å². The number of benzene rings is 1. The largest absolute Gasteiger partial charge is 0.325 e. The molecule has 0 spiro atoms. The number of nitrogens with zero attached hydrogens (tertiary/aromatic N) is 1. The van der Waals surface area contributed by atoms with E-state index in [0.717, 1.165) is 37.5 Å². The van der Waals surface area contributed by atoms with Gasteiger partial charge in [0.15, 0.2) is 0 Å². The van der Waals surface area contributed by atoms with Gasteiger partial charge in [0.25, 0.3) is 0 Å². The summed E-state index contributed by atoms with van der Waals surface area (Å²) in [5.74, 6) is 0.910. The fraction of sp³-hybridized carbons (Fsp3) is 0.632. The highest BCUT2D eigenvalue weighted by molar-refractivity contribution is 5.94. The van der Waals surface area contributed by atoms with Crippen LogP contribution in [-0.4, -0.2) is 36.5 Å². The fourth-order valence-corrected chi connectivity index (χ4v) is 3.69. The van der Waals surface area contributed by atoms with Crippen LogP contribution in [0.15, 0.2) is 24.3 Å². The van der Waals surface area contributed by atoms with Crippen LogP contribution in [0.3, 0.4) is 0 Å². The highest BCUT2D eigenvalue weighted by Crippen LogP contribution is 2.19. The lowest BCUT2D eigenvalue weighted by Gasteiger charge is -2.30. The van der Waals surface area contributed by atoms with Crippen molar-refractivity contribution in [1.82, 2.24) is 10.2 Å². The van der Waals surface area contributed by atoms with E-state index in [2.05, 4.69) is 34.6 Å². The molecule has 2 N–H and O–H groups in total. The Kier molecular flexibility index (Phi) is 5.68. The normalized spacial score (nSPS) is 26.0. The van der Waals surface area contributed by atoms with Crippen LogP contribution in [0.1, 0.15) is 44.6 Å². The van der Waals surface area contributed by atoms with Gasteiger partial charge >= 0.3 is 0 Å². The summed E-state index contributed by atoms with van der Waals surface area (Å²) in [6, 6.07) is 8.32. The molecule has 0 aromatic heterocycles. The first-order chi connectivity index (χ1) is 11.2. The molecule has 3 rings (SSSR count). The average molecular weight is 315 g/mol. The number of carbonyl (C=O) groups is 1. The van der Waals surface area contributed by atoms with E-state index < -0.39 is 0 Å². The second-order valence-electron chi connectivity index (χ2n) is 7.17. The number of amides is 1. The number of hydrogen-bond donors (Lipinski definition) is 2. The van der Waals surface area contributed by atoms with E-state index in [9.17, 15) is 4.79 Å². The zero-order valence-corrected chi connectivity index (χ0v) is 14.2. The van der Waals surface area contributed by atoms with E-state index in [4.69, 9.17) is 0 Å². The molecule has 2 aliphatic rings. The molecule has 0 radical (unpaired) electrons. The summed E-state index contributed by atoms with van der Waals surface area (Å²) in [6.07, 6.45) is 5.92. The van der Waals surface area contributed by atoms with E-state index in [-0.39, 0.29) is 11.9 Å². The van der Waals surface area contributed by atoms with Crippen LogP contribution in [0.4, 0.5) is 5.69 Å². The van der Waals surface area contributed by atoms with Crippen LogP contribution >= 0.6 is 0 Å². The molecule has 2 atom stereocenters. The monoisotopic (exact) mass is 315 g/mol. The molecule has 1 amide bonds. The number of hydrogen-bond acceptors (Lipinski definition) is 3. The van der Waals surface area contributed by atoms with Crippen molar-refractivity contribution in [3.63, 3.8) is 0 Å². The van der Waals surface area contributed by atoms with Gasteiger partial charge < -0.3 is 10.6 Å². The molecule has 1 aromatic rings. The molecule has 2 fully saturated rings. The standard InChI is InChI=1S/C19H29N3O/c1-15-5-4-12-22(13-15)14-16-7-9-17(10-8-16)21-19(23)18-6-2-3-11-20-18/h7-10,15,18,20H,2-6,11-14H2,1H3,(H,21,23)/t15?,18-/m1/s1. The Morgan fingerprint density at radius 1 is 1.22 bits per heavy atom. The van der Waals surface area contributed by atoms with Crippen LogP contribution in [-0.2, 0) is 11.3 Å². The lowest BCUT2D eigenvalue weighted by atomic mass is 10.00. The molecule has 4 heteroatoms. The molecule has 126 valence electrons.